The zero-order chi connectivity index (χ0) is 14.4. The molecule has 7 nitrogen and oxygen atoms in total. The molecule has 0 saturated heterocycles. The van der Waals surface area contributed by atoms with E-state index in [-0.39, 0.29) is 11.8 Å². The Bertz CT molecular complexity index is 526. The highest BCUT2D eigenvalue weighted by molar-refractivity contribution is 6.21. The first-order chi connectivity index (χ1) is 8.91. The highest BCUT2D eigenvalue weighted by atomic mass is 16.4. The van der Waals surface area contributed by atoms with Crippen LogP contribution in [0.15, 0.2) is 36.4 Å². The van der Waals surface area contributed by atoms with Crippen LogP contribution in [0.4, 0.5) is 0 Å². The molecule has 0 spiro atoms. The average Bonchev–Trinajstić information content (AvgIpc) is 2.64. The van der Waals surface area contributed by atoms with Crippen LogP contribution in [0.5, 0.6) is 0 Å². The molecule has 1 aromatic carbocycles. The SMILES string of the molecule is O=C(O)/C=C/C(=O)O.O=C1NC(=O)c2ccccc21. The maximum absolute atomic E-state index is 10.9. The molecular formula is C12H9NO6. The largest absolute Gasteiger partial charge is 0.478 e. The number of carboxylic acid groups (broad SMARTS) is 2. The predicted molar refractivity (Wildman–Crippen MR) is 62.7 cm³/mol. The van der Waals surface area contributed by atoms with Crippen molar-refractivity contribution in [1.82, 2.24) is 5.32 Å². The summed E-state index contributed by atoms with van der Waals surface area (Å²) < 4.78 is 0. The number of amides is 2. The second kappa shape index (κ2) is 6.10. The van der Waals surface area contributed by atoms with Gasteiger partial charge < -0.3 is 10.2 Å². The maximum Gasteiger partial charge on any atom is 0.328 e. The van der Waals surface area contributed by atoms with E-state index in [9.17, 15) is 19.2 Å². The van der Waals surface area contributed by atoms with E-state index in [1.165, 1.54) is 0 Å². The number of benzene rings is 1. The topological polar surface area (TPSA) is 121 Å². The zero-order valence-electron chi connectivity index (χ0n) is 9.49. The fraction of sp³-hybridized carbons (Fsp3) is 0. The van der Waals surface area contributed by atoms with Crippen LogP contribution < -0.4 is 5.32 Å². The van der Waals surface area contributed by atoms with Crippen molar-refractivity contribution < 1.29 is 29.4 Å². The lowest BCUT2D eigenvalue weighted by Gasteiger charge is -1.88. The number of carbonyl (C=O) groups is 4. The molecular weight excluding hydrogens is 254 g/mol. The van der Waals surface area contributed by atoms with Crippen LogP contribution in [0.1, 0.15) is 20.7 Å². The molecule has 0 radical (unpaired) electrons. The van der Waals surface area contributed by atoms with Crippen LogP contribution in [0, 0.1) is 0 Å². The van der Waals surface area contributed by atoms with E-state index in [1.54, 1.807) is 24.3 Å². The van der Waals surface area contributed by atoms with Gasteiger partial charge in [0, 0.05) is 12.2 Å². The second-order valence-electron chi connectivity index (χ2n) is 3.34. The standard InChI is InChI=1S/C8H5NO2.C4H4O4/c10-7-5-3-1-2-4-6(5)8(11)9-7;5-3(6)1-2-4(7)8/h1-4H,(H,9,10,11);1-2H,(H,5,6)(H,7,8)/b;2-1+. The Labute approximate surface area is 107 Å². The van der Waals surface area contributed by atoms with Crippen LogP contribution in [-0.4, -0.2) is 34.0 Å². The Hall–Kier alpha value is -2.96. The highest BCUT2D eigenvalue weighted by Gasteiger charge is 2.25. The molecule has 2 amide bonds. The van der Waals surface area contributed by atoms with Crippen molar-refractivity contribution in [3.05, 3.63) is 47.5 Å². The van der Waals surface area contributed by atoms with Crippen molar-refractivity contribution in [2.45, 2.75) is 0 Å². The summed E-state index contributed by atoms with van der Waals surface area (Å²) in [6.07, 6.45) is 1.12. The minimum absolute atomic E-state index is 0.300. The predicted octanol–water partition coefficient (Wildman–Crippen LogP) is 0.282. The third kappa shape index (κ3) is 4.08. The van der Waals surface area contributed by atoms with Gasteiger partial charge in [-0.2, -0.15) is 0 Å². The molecule has 19 heavy (non-hydrogen) atoms. The summed E-state index contributed by atoms with van der Waals surface area (Å²) in [4.78, 5) is 41.0. The Morgan fingerprint density at radius 2 is 1.26 bits per heavy atom. The van der Waals surface area contributed by atoms with Crippen molar-refractivity contribution in [2.75, 3.05) is 0 Å². The van der Waals surface area contributed by atoms with Gasteiger partial charge in [-0.05, 0) is 12.1 Å². The highest BCUT2D eigenvalue weighted by Crippen LogP contribution is 2.13. The molecule has 0 bridgehead atoms. The van der Waals surface area contributed by atoms with Crippen LogP contribution in [0.3, 0.4) is 0 Å². The summed E-state index contributed by atoms with van der Waals surface area (Å²) in [7, 11) is 0. The van der Waals surface area contributed by atoms with E-state index in [0.29, 0.717) is 23.3 Å². The van der Waals surface area contributed by atoms with Crippen LogP contribution in [0.2, 0.25) is 0 Å². The summed E-state index contributed by atoms with van der Waals surface area (Å²) in [5.41, 5.74) is 0.940. The lowest BCUT2D eigenvalue weighted by Crippen LogP contribution is -2.19. The summed E-state index contributed by atoms with van der Waals surface area (Å²) >= 11 is 0. The fourth-order valence-electron chi connectivity index (χ4n) is 1.26. The summed E-state index contributed by atoms with van der Waals surface area (Å²) in [6, 6.07) is 6.74. The molecule has 0 saturated carbocycles. The van der Waals surface area contributed by atoms with E-state index in [0.717, 1.165) is 0 Å². The molecule has 0 unspecified atom stereocenters. The van der Waals surface area contributed by atoms with Crippen molar-refractivity contribution in [2.24, 2.45) is 0 Å². The molecule has 7 heteroatoms. The molecule has 0 aromatic heterocycles. The van der Waals surface area contributed by atoms with Gasteiger partial charge in [-0.25, -0.2) is 9.59 Å². The number of imide groups is 1. The molecule has 1 aliphatic heterocycles. The van der Waals surface area contributed by atoms with Crippen molar-refractivity contribution >= 4 is 23.8 Å². The minimum Gasteiger partial charge on any atom is -0.478 e. The summed E-state index contributed by atoms with van der Waals surface area (Å²) in [5.74, 6) is -3.11. The van der Waals surface area contributed by atoms with E-state index in [4.69, 9.17) is 10.2 Å². The molecule has 1 heterocycles. The molecule has 2 rings (SSSR count). The number of hydrogen-bond donors (Lipinski definition) is 3. The molecule has 1 aliphatic rings. The van der Waals surface area contributed by atoms with Gasteiger partial charge in [0.05, 0.1) is 11.1 Å². The third-order valence-corrected chi connectivity index (χ3v) is 2.01. The maximum atomic E-state index is 10.9. The molecule has 0 aliphatic carbocycles. The lowest BCUT2D eigenvalue weighted by molar-refractivity contribution is -0.134. The molecule has 98 valence electrons. The van der Waals surface area contributed by atoms with Crippen molar-refractivity contribution in [3.63, 3.8) is 0 Å². The van der Waals surface area contributed by atoms with E-state index < -0.39 is 11.9 Å². The third-order valence-electron chi connectivity index (χ3n) is 2.01. The number of hydrogen-bond acceptors (Lipinski definition) is 4. The van der Waals surface area contributed by atoms with Crippen LogP contribution in [0.25, 0.3) is 0 Å². The van der Waals surface area contributed by atoms with Gasteiger partial charge in [0.2, 0.25) is 0 Å². The molecule has 3 N–H and O–H groups in total. The first kappa shape index (κ1) is 14.1. The number of carboxylic acids is 2. The van der Waals surface area contributed by atoms with Crippen molar-refractivity contribution in [1.29, 1.82) is 0 Å². The lowest BCUT2D eigenvalue weighted by atomic mass is 10.1. The van der Waals surface area contributed by atoms with E-state index in [2.05, 4.69) is 5.32 Å². The zero-order valence-corrected chi connectivity index (χ0v) is 9.49. The van der Waals surface area contributed by atoms with Gasteiger partial charge in [0.25, 0.3) is 11.8 Å². The normalized spacial score (nSPS) is 12.4. The first-order valence-corrected chi connectivity index (χ1v) is 5.00. The minimum atomic E-state index is -1.26. The molecule has 1 aromatic rings. The average molecular weight is 263 g/mol. The number of aliphatic carboxylic acids is 2. The Balaban J connectivity index is 0.000000203. The number of fused-ring (bicyclic) bond motifs is 1. The van der Waals surface area contributed by atoms with Gasteiger partial charge >= 0.3 is 11.9 Å². The fourth-order valence-corrected chi connectivity index (χ4v) is 1.26. The molecule has 0 fully saturated rings. The van der Waals surface area contributed by atoms with Gasteiger partial charge in [-0.3, -0.25) is 14.9 Å². The van der Waals surface area contributed by atoms with Crippen LogP contribution in [-0.2, 0) is 9.59 Å². The summed E-state index contributed by atoms with van der Waals surface area (Å²) in [6.45, 7) is 0. The summed E-state index contributed by atoms with van der Waals surface area (Å²) in [5, 5.41) is 17.8. The number of carbonyl (C=O) groups excluding carboxylic acids is 2. The monoisotopic (exact) mass is 263 g/mol. The smallest absolute Gasteiger partial charge is 0.328 e. The Kier molecular flexibility index (Phi) is 4.53. The van der Waals surface area contributed by atoms with Gasteiger partial charge in [-0.1, -0.05) is 12.1 Å². The van der Waals surface area contributed by atoms with Crippen molar-refractivity contribution in [3.8, 4) is 0 Å². The molecule has 0 atom stereocenters. The quantitative estimate of drug-likeness (QED) is 0.520. The Morgan fingerprint density at radius 1 is 0.895 bits per heavy atom. The van der Waals surface area contributed by atoms with Gasteiger partial charge in [0.15, 0.2) is 0 Å². The van der Waals surface area contributed by atoms with Gasteiger partial charge in [0.1, 0.15) is 0 Å². The number of nitrogens with one attached hydrogen (secondary N) is 1. The van der Waals surface area contributed by atoms with E-state index >= 15 is 0 Å². The Morgan fingerprint density at radius 3 is 1.58 bits per heavy atom. The number of rotatable bonds is 2. The first-order valence-electron chi connectivity index (χ1n) is 5.00. The van der Waals surface area contributed by atoms with Gasteiger partial charge in [-0.15, -0.1) is 0 Å². The van der Waals surface area contributed by atoms with E-state index in [1.807, 2.05) is 0 Å². The second-order valence-corrected chi connectivity index (χ2v) is 3.34. The van der Waals surface area contributed by atoms with Crippen LogP contribution >= 0.6 is 0 Å².